The third kappa shape index (κ3) is 5.14. The summed E-state index contributed by atoms with van der Waals surface area (Å²) >= 11 is 0. The maximum atomic E-state index is 16.7. The molecule has 4 aromatic rings. The number of hydrogen-bond donors (Lipinski definition) is 0. The van der Waals surface area contributed by atoms with Crippen LogP contribution in [-0.2, 0) is 11.2 Å². The van der Waals surface area contributed by atoms with Gasteiger partial charge < -0.3 is 14.5 Å². The van der Waals surface area contributed by atoms with Gasteiger partial charge in [-0.05, 0) is 54.3 Å². The largest absolute Gasteiger partial charge is 0.461 e. The molecule has 5 heterocycles. The second kappa shape index (κ2) is 11.8. The van der Waals surface area contributed by atoms with Crippen LogP contribution in [0.2, 0.25) is 0 Å². The van der Waals surface area contributed by atoms with Crippen molar-refractivity contribution in [1.29, 1.82) is 0 Å². The van der Waals surface area contributed by atoms with Gasteiger partial charge in [-0.25, -0.2) is 13.2 Å². The number of aromatic nitrogens is 3. The van der Waals surface area contributed by atoms with Crippen molar-refractivity contribution < 1.29 is 22.7 Å². The Bertz CT molecular complexity index is 1850. The third-order valence-electron chi connectivity index (χ3n) is 9.92. The number of carbonyl (C=O) groups is 1. The fourth-order valence-corrected chi connectivity index (χ4v) is 7.65. The molecule has 0 aliphatic carbocycles. The number of fused-ring (bicyclic) bond motifs is 3. The first kappa shape index (κ1) is 30.4. The van der Waals surface area contributed by atoms with Crippen molar-refractivity contribution in [3.8, 4) is 17.3 Å². The highest BCUT2D eigenvalue weighted by molar-refractivity contribution is 6.00. The summed E-state index contributed by atoms with van der Waals surface area (Å²) in [5, 5.41) is 1.81. The molecule has 0 saturated carbocycles. The number of halogens is 3. The van der Waals surface area contributed by atoms with Crippen LogP contribution in [-0.4, -0.2) is 88.7 Å². The molecule has 3 saturated heterocycles. The fraction of sp³-hybridized carbons (Fsp3) is 0.429. The topological polar surface area (TPSA) is 74.7 Å². The van der Waals surface area contributed by atoms with E-state index in [1.165, 1.54) is 12.1 Å². The Balaban J connectivity index is 1.30. The maximum Gasteiger partial charge on any atom is 0.319 e. The van der Waals surface area contributed by atoms with Gasteiger partial charge in [-0.1, -0.05) is 37.8 Å². The molecule has 8 nitrogen and oxygen atoms in total. The zero-order valence-corrected chi connectivity index (χ0v) is 26.1. The lowest BCUT2D eigenvalue weighted by molar-refractivity contribution is -0.131. The average Bonchev–Trinajstić information content (AvgIpc) is 3.56. The quantitative estimate of drug-likeness (QED) is 0.219. The first-order valence-electron chi connectivity index (χ1n) is 15.9. The van der Waals surface area contributed by atoms with Crippen molar-refractivity contribution in [3.05, 3.63) is 66.4 Å². The van der Waals surface area contributed by atoms with Crippen LogP contribution in [0.5, 0.6) is 6.01 Å². The Morgan fingerprint density at radius 2 is 2.02 bits per heavy atom. The summed E-state index contributed by atoms with van der Waals surface area (Å²) in [5.74, 6) is -0.486. The van der Waals surface area contributed by atoms with Gasteiger partial charge in [0.25, 0.3) is 0 Å². The van der Waals surface area contributed by atoms with E-state index in [-0.39, 0.29) is 41.5 Å². The van der Waals surface area contributed by atoms with E-state index in [0.717, 1.165) is 24.8 Å². The molecule has 0 spiro atoms. The predicted molar refractivity (Wildman–Crippen MR) is 172 cm³/mol. The Morgan fingerprint density at radius 1 is 1.20 bits per heavy atom. The molecule has 3 aliphatic heterocycles. The molecule has 0 unspecified atom stereocenters. The van der Waals surface area contributed by atoms with Gasteiger partial charge in [0, 0.05) is 57.3 Å². The highest BCUT2D eigenvalue weighted by Gasteiger charge is 2.49. The summed E-state index contributed by atoms with van der Waals surface area (Å²) in [6.45, 7) is 8.55. The third-order valence-corrected chi connectivity index (χ3v) is 9.92. The summed E-state index contributed by atoms with van der Waals surface area (Å²) < 4.78 is 52.3. The van der Waals surface area contributed by atoms with E-state index in [9.17, 15) is 13.6 Å². The SMILES string of the molecule is C=CC(=O)N1CC(CN(C)c2nc(OC[C@@]34CCCN3C[C@H](F)C4)nc3c(F)c(-c4cccc5ccc(F)c(CC)c45)ncc23)C1. The van der Waals surface area contributed by atoms with E-state index in [1.54, 1.807) is 29.3 Å². The van der Waals surface area contributed by atoms with E-state index in [1.807, 2.05) is 24.9 Å². The van der Waals surface area contributed by atoms with Gasteiger partial charge in [0.15, 0.2) is 5.82 Å². The molecule has 3 fully saturated rings. The lowest BCUT2D eigenvalue weighted by Crippen LogP contribution is -2.53. The van der Waals surface area contributed by atoms with E-state index in [4.69, 9.17) is 9.72 Å². The minimum Gasteiger partial charge on any atom is -0.461 e. The summed E-state index contributed by atoms with van der Waals surface area (Å²) in [5.41, 5.74) is 0.643. The number of ether oxygens (including phenoxy) is 1. The molecule has 11 heteroatoms. The molecular formula is C35H37F3N6O2. The van der Waals surface area contributed by atoms with E-state index in [0.29, 0.717) is 66.7 Å². The molecule has 3 aliphatic rings. The fourth-order valence-electron chi connectivity index (χ4n) is 7.65. The first-order chi connectivity index (χ1) is 22.2. The van der Waals surface area contributed by atoms with E-state index >= 15 is 4.39 Å². The van der Waals surface area contributed by atoms with Gasteiger partial charge in [-0.15, -0.1) is 0 Å². The van der Waals surface area contributed by atoms with Gasteiger partial charge >= 0.3 is 6.01 Å². The summed E-state index contributed by atoms with van der Waals surface area (Å²) in [4.78, 5) is 31.6. The molecule has 2 aromatic carbocycles. The zero-order chi connectivity index (χ0) is 32.2. The second-order valence-electron chi connectivity index (χ2n) is 12.9. The maximum absolute atomic E-state index is 16.7. The van der Waals surface area contributed by atoms with Gasteiger partial charge in [0.05, 0.1) is 10.9 Å². The van der Waals surface area contributed by atoms with Crippen molar-refractivity contribution in [2.24, 2.45) is 5.92 Å². The Kier molecular flexibility index (Phi) is 7.83. The van der Waals surface area contributed by atoms with Gasteiger partial charge in [-0.3, -0.25) is 14.7 Å². The van der Waals surface area contributed by atoms with Gasteiger partial charge in [0.1, 0.15) is 35.6 Å². The number of likely N-dealkylation sites (tertiary alicyclic amines) is 1. The number of alkyl halides is 1. The van der Waals surface area contributed by atoms with Gasteiger partial charge in [0.2, 0.25) is 5.91 Å². The van der Waals surface area contributed by atoms with Crippen LogP contribution in [0, 0.1) is 17.6 Å². The van der Waals surface area contributed by atoms with Crippen molar-refractivity contribution in [2.45, 2.75) is 44.3 Å². The second-order valence-corrected chi connectivity index (χ2v) is 12.9. The molecular weight excluding hydrogens is 593 g/mol. The minimum atomic E-state index is -0.914. The molecule has 7 rings (SSSR count). The zero-order valence-electron chi connectivity index (χ0n) is 26.1. The average molecular weight is 631 g/mol. The number of carbonyl (C=O) groups excluding carboxylic acids is 1. The molecule has 2 atom stereocenters. The number of benzene rings is 2. The number of rotatable bonds is 9. The molecule has 46 heavy (non-hydrogen) atoms. The summed E-state index contributed by atoms with van der Waals surface area (Å²) in [7, 11) is 1.86. The van der Waals surface area contributed by atoms with Crippen LogP contribution in [0.4, 0.5) is 19.0 Å². The Morgan fingerprint density at radius 3 is 2.80 bits per heavy atom. The van der Waals surface area contributed by atoms with Crippen molar-refractivity contribution in [3.63, 3.8) is 0 Å². The van der Waals surface area contributed by atoms with Crippen LogP contribution >= 0.6 is 0 Å². The number of aryl methyl sites for hydroxylation is 1. The molecule has 0 radical (unpaired) electrons. The van der Waals surface area contributed by atoms with Crippen LogP contribution in [0.25, 0.3) is 32.9 Å². The van der Waals surface area contributed by atoms with Crippen LogP contribution in [0.3, 0.4) is 0 Å². The Labute approximate surface area is 265 Å². The van der Waals surface area contributed by atoms with E-state index in [2.05, 4.69) is 21.4 Å². The predicted octanol–water partition coefficient (Wildman–Crippen LogP) is 5.72. The Hall–Kier alpha value is -4.25. The number of nitrogens with zero attached hydrogens (tertiary/aromatic N) is 6. The molecule has 1 amide bonds. The first-order valence-corrected chi connectivity index (χ1v) is 15.9. The standard InChI is InChI=1S/C35H37F3N6O2/c1-4-24-27(37)11-10-22-8-6-9-25(29(22)24)31-30(38)32-26(15-39-31)33(42(3)16-21-17-43(18-21)28(45)5-2)41-34(40-32)46-20-35-12-7-13-44(35)19-23(36)14-35/h5-6,8-11,15,21,23H,2,4,7,12-14,16-20H2,1,3H3/t23-,35+/m1/s1. The van der Waals surface area contributed by atoms with Crippen molar-refractivity contribution >= 4 is 33.4 Å². The van der Waals surface area contributed by atoms with Crippen molar-refractivity contribution in [1.82, 2.24) is 24.8 Å². The monoisotopic (exact) mass is 630 g/mol. The van der Waals surface area contributed by atoms with Crippen molar-refractivity contribution in [2.75, 3.05) is 51.3 Å². The summed E-state index contributed by atoms with van der Waals surface area (Å²) in [6, 6.07) is 8.55. The highest BCUT2D eigenvalue weighted by atomic mass is 19.1. The van der Waals surface area contributed by atoms with Crippen LogP contribution < -0.4 is 9.64 Å². The van der Waals surface area contributed by atoms with E-state index < -0.39 is 17.5 Å². The van der Waals surface area contributed by atoms with Gasteiger partial charge in [-0.2, -0.15) is 9.97 Å². The highest BCUT2D eigenvalue weighted by Crippen LogP contribution is 2.41. The molecule has 240 valence electrons. The van der Waals surface area contributed by atoms with Crippen LogP contribution in [0.15, 0.2) is 49.2 Å². The molecule has 0 N–H and O–H groups in total. The molecule has 2 aromatic heterocycles. The lowest BCUT2D eigenvalue weighted by Gasteiger charge is -2.40. The number of anilines is 1. The lowest BCUT2D eigenvalue weighted by atomic mass is 9.95. The minimum absolute atomic E-state index is 0.00390. The summed E-state index contributed by atoms with van der Waals surface area (Å²) in [6.07, 6.45) is 4.54. The van der Waals surface area contributed by atoms with Crippen LogP contribution in [0.1, 0.15) is 31.7 Å². The smallest absolute Gasteiger partial charge is 0.319 e. The number of amides is 1. The normalized spacial score (nSPS) is 21.5. The molecule has 0 bridgehead atoms. The number of hydrogen-bond acceptors (Lipinski definition) is 7. The number of pyridine rings is 1.